The van der Waals surface area contributed by atoms with E-state index < -0.39 is 24.6 Å². The van der Waals surface area contributed by atoms with Crippen LogP contribution in [-0.2, 0) is 4.79 Å². The molecule has 0 aromatic carbocycles. The van der Waals surface area contributed by atoms with Gasteiger partial charge >= 0.3 is 12.0 Å². The largest absolute Gasteiger partial charge is 0.480 e. The monoisotopic (exact) mass is 244 g/mol. The Hall–Kier alpha value is -1.30. The van der Waals surface area contributed by atoms with E-state index in [1.165, 1.54) is 0 Å². The molecule has 1 aliphatic carbocycles. The summed E-state index contributed by atoms with van der Waals surface area (Å²) in [7, 11) is 0. The summed E-state index contributed by atoms with van der Waals surface area (Å²) in [5, 5.41) is 19.9. The molecule has 1 saturated carbocycles. The van der Waals surface area contributed by atoms with Crippen molar-refractivity contribution in [1.82, 2.24) is 10.2 Å². The summed E-state index contributed by atoms with van der Waals surface area (Å²) < 4.78 is 0. The Morgan fingerprint density at radius 1 is 1.47 bits per heavy atom. The number of aliphatic hydroxyl groups excluding tert-OH is 1. The lowest BCUT2D eigenvalue weighted by Gasteiger charge is -2.24. The van der Waals surface area contributed by atoms with Gasteiger partial charge in [0, 0.05) is 13.1 Å². The summed E-state index contributed by atoms with van der Waals surface area (Å²) in [6, 6.07) is -1.62. The summed E-state index contributed by atoms with van der Waals surface area (Å²) in [5.74, 6) is -0.659. The van der Waals surface area contributed by atoms with Gasteiger partial charge in [0.1, 0.15) is 0 Å². The average molecular weight is 244 g/mol. The number of nitrogens with zero attached hydrogens (tertiary/aromatic N) is 1. The van der Waals surface area contributed by atoms with E-state index in [4.69, 9.17) is 10.2 Å². The minimum absolute atomic E-state index is 0.403. The molecule has 17 heavy (non-hydrogen) atoms. The molecule has 0 spiro atoms. The Morgan fingerprint density at radius 3 is 2.53 bits per heavy atom. The number of nitrogens with one attached hydrogen (secondary N) is 1. The summed E-state index contributed by atoms with van der Waals surface area (Å²) in [4.78, 5) is 24.1. The zero-order valence-corrected chi connectivity index (χ0v) is 10.1. The lowest BCUT2D eigenvalue weighted by atomic mass is 10.3. The molecule has 1 atom stereocenters. The summed E-state index contributed by atoms with van der Waals surface area (Å²) in [6.07, 6.45) is 3.10. The molecule has 0 heterocycles. The van der Waals surface area contributed by atoms with Gasteiger partial charge in [0.2, 0.25) is 0 Å². The van der Waals surface area contributed by atoms with Crippen LogP contribution in [0.25, 0.3) is 0 Å². The number of carboxylic acid groups (broad SMARTS) is 1. The molecule has 98 valence electrons. The molecule has 3 N–H and O–H groups in total. The highest BCUT2D eigenvalue weighted by Crippen LogP contribution is 2.29. The second kappa shape index (κ2) is 6.44. The maximum absolute atomic E-state index is 11.8. The second-order valence-corrected chi connectivity index (χ2v) is 4.41. The fraction of sp³-hybridized carbons (Fsp3) is 0.818. The van der Waals surface area contributed by atoms with E-state index in [2.05, 4.69) is 5.32 Å². The molecule has 0 aromatic rings. The Balaban J connectivity index is 2.47. The zero-order valence-electron chi connectivity index (χ0n) is 10.1. The second-order valence-electron chi connectivity index (χ2n) is 4.41. The number of carboxylic acids is 1. The summed E-state index contributed by atoms with van der Waals surface area (Å²) in [5.41, 5.74) is 0. The number of urea groups is 1. The van der Waals surface area contributed by atoms with Crippen LogP contribution in [0.4, 0.5) is 4.79 Å². The number of carbonyl (C=O) groups is 2. The van der Waals surface area contributed by atoms with E-state index in [1.54, 1.807) is 4.90 Å². The molecule has 0 radical (unpaired) electrons. The number of amides is 2. The summed E-state index contributed by atoms with van der Waals surface area (Å²) in [6.45, 7) is 2.66. The van der Waals surface area contributed by atoms with E-state index in [9.17, 15) is 9.59 Å². The third-order valence-electron chi connectivity index (χ3n) is 2.73. The smallest absolute Gasteiger partial charge is 0.328 e. The fourth-order valence-electron chi connectivity index (χ4n) is 1.58. The van der Waals surface area contributed by atoms with Crippen molar-refractivity contribution < 1.29 is 19.8 Å². The lowest BCUT2D eigenvalue weighted by molar-refractivity contribution is -0.140. The van der Waals surface area contributed by atoms with Crippen molar-refractivity contribution in [3.63, 3.8) is 0 Å². The molecule has 0 saturated heterocycles. The molecule has 1 fully saturated rings. The topological polar surface area (TPSA) is 89.9 Å². The molecule has 0 bridgehead atoms. The van der Waals surface area contributed by atoms with Gasteiger partial charge in [-0.15, -0.1) is 0 Å². The van der Waals surface area contributed by atoms with E-state index in [0.29, 0.717) is 19.0 Å². The lowest BCUT2D eigenvalue weighted by Crippen LogP contribution is -2.50. The first-order chi connectivity index (χ1) is 8.08. The SMILES string of the molecule is CCCN(CC1CC1)C(=O)NC(CO)C(=O)O. The number of hydrogen-bond acceptors (Lipinski definition) is 3. The number of rotatable bonds is 7. The maximum atomic E-state index is 11.8. The van der Waals surface area contributed by atoms with Crippen LogP contribution in [-0.4, -0.2) is 52.9 Å². The first kappa shape index (κ1) is 13.8. The van der Waals surface area contributed by atoms with Crippen molar-refractivity contribution in [3.05, 3.63) is 0 Å². The highest BCUT2D eigenvalue weighted by atomic mass is 16.4. The van der Waals surface area contributed by atoms with Gasteiger partial charge in [-0.1, -0.05) is 6.92 Å². The minimum Gasteiger partial charge on any atom is -0.480 e. The van der Waals surface area contributed by atoms with Crippen molar-refractivity contribution in [2.75, 3.05) is 19.7 Å². The van der Waals surface area contributed by atoms with Gasteiger partial charge in [-0.25, -0.2) is 9.59 Å². The van der Waals surface area contributed by atoms with Gasteiger partial charge in [0.05, 0.1) is 6.61 Å². The maximum Gasteiger partial charge on any atom is 0.328 e. The van der Waals surface area contributed by atoms with Crippen LogP contribution in [0.15, 0.2) is 0 Å². The molecule has 0 aromatic heterocycles. The molecule has 6 nitrogen and oxygen atoms in total. The van der Waals surface area contributed by atoms with Crippen LogP contribution in [0.2, 0.25) is 0 Å². The molecule has 1 aliphatic rings. The van der Waals surface area contributed by atoms with Crippen LogP contribution >= 0.6 is 0 Å². The minimum atomic E-state index is -1.22. The van der Waals surface area contributed by atoms with Crippen LogP contribution in [0.1, 0.15) is 26.2 Å². The van der Waals surface area contributed by atoms with Crippen molar-refractivity contribution in [2.24, 2.45) is 5.92 Å². The van der Waals surface area contributed by atoms with E-state index in [1.807, 2.05) is 6.92 Å². The Labute approximate surface area is 101 Å². The highest BCUT2D eigenvalue weighted by Gasteiger charge is 2.28. The van der Waals surface area contributed by atoms with E-state index >= 15 is 0 Å². The molecule has 0 aliphatic heterocycles. The fourth-order valence-corrected chi connectivity index (χ4v) is 1.58. The standard InChI is InChI=1S/C11H20N2O4/c1-2-5-13(6-8-3-4-8)11(17)12-9(7-14)10(15)16/h8-9,14H,2-7H2,1H3,(H,12,17)(H,15,16). The average Bonchev–Trinajstić information content (AvgIpc) is 3.08. The van der Waals surface area contributed by atoms with Crippen LogP contribution < -0.4 is 5.32 Å². The van der Waals surface area contributed by atoms with Crippen LogP contribution in [0.3, 0.4) is 0 Å². The molecular weight excluding hydrogens is 224 g/mol. The number of hydrogen-bond donors (Lipinski definition) is 3. The Morgan fingerprint density at radius 2 is 2.12 bits per heavy atom. The van der Waals surface area contributed by atoms with Gasteiger partial charge < -0.3 is 20.4 Å². The van der Waals surface area contributed by atoms with Crippen LogP contribution in [0, 0.1) is 5.92 Å². The first-order valence-corrected chi connectivity index (χ1v) is 5.97. The third-order valence-corrected chi connectivity index (χ3v) is 2.73. The quantitative estimate of drug-likeness (QED) is 0.599. The molecule has 1 unspecified atom stereocenters. The predicted molar refractivity (Wildman–Crippen MR) is 61.6 cm³/mol. The number of aliphatic carboxylic acids is 1. The molecule has 1 rings (SSSR count). The van der Waals surface area contributed by atoms with E-state index in [0.717, 1.165) is 19.3 Å². The van der Waals surface area contributed by atoms with Gasteiger partial charge in [0.25, 0.3) is 0 Å². The van der Waals surface area contributed by atoms with Crippen molar-refractivity contribution in [1.29, 1.82) is 0 Å². The van der Waals surface area contributed by atoms with Crippen LogP contribution in [0.5, 0.6) is 0 Å². The van der Waals surface area contributed by atoms with E-state index in [-0.39, 0.29) is 0 Å². The zero-order chi connectivity index (χ0) is 12.8. The highest BCUT2D eigenvalue weighted by molar-refractivity contribution is 5.82. The predicted octanol–water partition coefficient (Wildman–Crippen LogP) is 0.263. The van der Waals surface area contributed by atoms with Crippen molar-refractivity contribution in [3.8, 4) is 0 Å². The van der Waals surface area contributed by atoms with Crippen molar-refractivity contribution in [2.45, 2.75) is 32.2 Å². The van der Waals surface area contributed by atoms with Crippen molar-refractivity contribution >= 4 is 12.0 Å². The molecule has 6 heteroatoms. The van der Waals surface area contributed by atoms with Gasteiger partial charge in [-0.2, -0.15) is 0 Å². The normalized spacial score (nSPS) is 16.4. The Bertz CT molecular complexity index is 279. The van der Waals surface area contributed by atoms with Gasteiger partial charge in [0.15, 0.2) is 6.04 Å². The van der Waals surface area contributed by atoms with Gasteiger partial charge in [-0.3, -0.25) is 0 Å². The summed E-state index contributed by atoms with van der Waals surface area (Å²) >= 11 is 0. The van der Waals surface area contributed by atoms with Gasteiger partial charge in [-0.05, 0) is 25.2 Å². The first-order valence-electron chi connectivity index (χ1n) is 5.97. The Kier molecular flexibility index (Phi) is 5.21. The number of carbonyl (C=O) groups excluding carboxylic acids is 1. The molecular formula is C11H20N2O4. The molecule has 2 amide bonds. The third kappa shape index (κ3) is 4.60. The number of aliphatic hydroxyl groups is 1.